The van der Waals surface area contributed by atoms with Crippen molar-refractivity contribution in [2.24, 2.45) is 0 Å². The third-order valence-electron chi connectivity index (χ3n) is 3.25. The van der Waals surface area contributed by atoms with E-state index in [1.165, 1.54) is 6.07 Å². The Hall–Kier alpha value is -2.95. The van der Waals surface area contributed by atoms with Crippen molar-refractivity contribution in [1.29, 1.82) is 0 Å². The van der Waals surface area contributed by atoms with Crippen LogP contribution < -0.4 is 10.7 Å². The molecule has 0 atom stereocenters. The SMILES string of the molecule is Cc1cccc2[nH]c(C(=O)Nc3ccncc3)cc(=O)c12. The van der Waals surface area contributed by atoms with Gasteiger partial charge in [0.05, 0.1) is 5.52 Å². The van der Waals surface area contributed by atoms with Gasteiger partial charge in [0.15, 0.2) is 5.43 Å². The molecular formula is C16H13N3O2. The number of aromatic amines is 1. The van der Waals surface area contributed by atoms with E-state index in [0.29, 0.717) is 16.6 Å². The molecule has 0 saturated carbocycles. The van der Waals surface area contributed by atoms with Crippen LogP contribution in [0.15, 0.2) is 53.6 Å². The first kappa shape index (κ1) is 13.1. The summed E-state index contributed by atoms with van der Waals surface area (Å²) in [6.45, 7) is 1.87. The summed E-state index contributed by atoms with van der Waals surface area (Å²) >= 11 is 0. The number of aromatic nitrogens is 2. The zero-order chi connectivity index (χ0) is 14.8. The van der Waals surface area contributed by atoms with E-state index in [1.54, 1.807) is 30.6 Å². The number of hydrogen-bond donors (Lipinski definition) is 2. The van der Waals surface area contributed by atoms with E-state index in [0.717, 1.165) is 5.56 Å². The first-order valence-electron chi connectivity index (χ1n) is 6.49. The van der Waals surface area contributed by atoms with E-state index >= 15 is 0 Å². The fourth-order valence-electron chi connectivity index (χ4n) is 2.24. The van der Waals surface area contributed by atoms with E-state index in [2.05, 4.69) is 15.3 Å². The van der Waals surface area contributed by atoms with Crippen molar-refractivity contribution >= 4 is 22.5 Å². The van der Waals surface area contributed by atoms with Crippen LogP contribution in [0.3, 0.4) is 0 Å². The van der Waals surface area contributed by atoms with Crippen molar-refractivity contribution in [3.8, 4) is 0 Å². The number of anilines is 1. The van der Waals surface area contributed by atoms with Gasteiger partial charge in [-0.15, -0.1) is 0 Å². The van der Waals surface area contributed by atoms with Crippen LogP contribution in [-0.2, 0) is 0 Å². The van der Waals surface area contributed by atoms with E-state index in [1.807, 2.05) is 19.1 Å². The quantitative estimate of drug-likeness (QED) is 0.756. The normalized spacial score (nSPS) is 10.5. The Morgan fingerprint density at radius 3 is 2.71 bits per heavy atom. The number of hydrogen-bond acceptors (Lipinski definition) is 3. The molecule has 1 amide bonds. The van der Waals surface area contributed by atoms with Crippen molar-refractivity contribution in [3.63, 3.8) is 0 Å². The molecule has 2 N–H and O–H groups in total. The van der Waals surface area contributed by atoms with E-state index in [9.17, 15) is 9.59 Å². The van der Waals surface area contributed by atoms with Crippen molar-refractivity contribution in [2.75, 3.05) is 5.32 Å². The fraction of sp³-hybridized carbons (Fsp3) is 0.0625. The molecule has 0 aliphatic carbocycles. The van der Waals surface area contributed by atoms with Gasteiger partial charge >= 0.3 is 0 Å². The molecule has 104 valence electrons. The molecule has 0 fully saturated rings. The number of nitrogens with one attached hydrogen (secondary N) is 2. The average molecular weight is 279 g/mol. The molecule has 0 saturated heterocycles. The second-order valence-electron chi connectivity index (χ2n) is 4.73. The van der Waals surface area contributed by atoms with Crippen molar-refractivity contribution < 1.29 is 4.79 Å². The number of amides is 1. The Labute approximate surface area is 120 Å². The summed E-state index contributed by atoms with van der Waals surface area (Å²) in [4.78, 5) is 31.2. The molecule has 5 heteroatoms. The summed E-state index contributed by atoms with van der Waals surface area (Å²) in [5, 5.41) is 3.32. The fourth-order valence-corrected chi connectivity index (χ4v) is 2.24. The summed E-state index contributed by atoms with van der Waals surface area (Å²) < 4.78 is 0. The van der Waals surface area contributed by atoms with Crippen LogP contribution >= 0.6 is 0 Å². The number of H-pyrrole nitrogens is 1. The van der Waals surface area contributed by atoms with Crippen LogP contribution in [0.4, 0.5) is 5.69 Å². The lowest BCUT2D eigenvalue weighted by Crippen LogP contribution is -2.17. The Balaban J connectivity index is 2.02. The average Bonchev–Trinajstić information content (AvgIpc) is 2.48. The minimum absolute atomic E-state index is 0.165. The topological polar surface area (TPSA) is 74.8 Å². The highest BCUT2D eigenvalue weighted by Gasteiger charge is 2.10. The lowest BCUT2D eigenvalue weighted by Gasteiger charge is -2.07. The monoisotopic (exact) mass is 279 g/mol. The first-order chi connectivity index (χ1) is 10.1. The highest BCUT2D eigenvalue weighted by molar-refractivity contribution is 6.04. The van der Waals surface area contributed by atoms with Gasteiger partial charge in [-0.05, 0) is 30.7 Å². The van der Waals surface area contributed by atoms with Crippen LogP contribution in [0, 0.1) is 6.92 Å². The molecule has 0 bridgehead atoms. The van der Waals surface area contributed by atoms with Gasteiger partial charge in [0.2, 0.25) is 0 Å². The molecule has 1 aromatic carbocycles. The van der Waals surface area contributed by atoms with Crippen molar-refractivity contribution in [3.05, 3.63) is 70.3 Å². The maximum atomic E-state index is 12.2. The summed E-state index contributed by atoms with van der Waals surface area (Å²) in [5.41, 5.74) is 2.23. The van der Waals surface area contributed by atoms with Crippen molar-refractivity contribution in [1.82, 2.24) is 9.97 Å². The molecule has 0 unspecified atom stereocenters. The number of nitrogens with zero attached hydrogens (tertiary/aromatic N) is 1. The Kier molecular flexibility index (Phi) is 3.23. The van der Waals surface area contributed by atoms with E-state index in [-0.39, 0.29) is 17.0 Å². The van der Waals surface area contributed by atoms with Crippen LogP contribution in [0.1, 0.15) is 16.1 Å². The van der Waals surface area contributed by atoms with E-state index in [4.69, 9.17) is 0 Å². The molecule has 3 aromatic rings. The lowest BCUT2D eigenvalue weighted by atomic mass is 10.1. The molecule has 2 heterocycles. The Bertz CT molecular complexity index is 870. The Morgan fingerprint density at radius 1 is 1.19 bits per heavy atom. The standard InChI is InChI=1S/C16H13N3O2/c1-10-3-2-4-12-15(10)14(20)9-13(19-12)16(21)18-11-5-7-17-8-6-11/h2-9H,1H3,(H,19,20)(H,17,18,21). The third-order valence-corrected chi connectivity index (χ3v) is 3.25. The van der Waals surface area contributed by atoms with Gasteiger partial charge in [0, 0.05) is 29.5 Å². The molecule has 5 nitrogen and oxygen atoms in total. The van der Waals surface area contributed by atoms with Gasteiger partial charge in [0.1, 0.15) is 5.69 Å². The van der Waals surface area contributed by atoms with Gasteiger partial charge in [-0.2, -0.15) is 0 Å². The highest BCUT2D eigenvalue weighted by atomic mass is 16.2. The zero-order valence-electron chi connectivity index (χ0n) is 11.4. The number of aryl methyl sites for hydroxylation is 1. The van der Waals surface area contributed by atoms with Gasteiger partial charge in [-0.3, -0.25) is 14.6 Å². The second kappa shape index (κ2) is 5.20. The Morgan fingerprint density at radius 2 is 1.95 bits per heavy atom. The van der Waals surface area contributed by atoms with Gasteiger partial charge in [-0.25, -0.2) is 0 Å². The molecule has 2 aromatic heterocycles. The highest BCUT2D eigenvalue weighted by Crippen LogP contribution is 2.13. The third kappa shape index (κ3) is 2.53. The van der Waals surface area contributed by atoms with Gasteiger partial charge in [-0.1, -0.05) is 12.1 Å². The second-order valence-corrected chi connectivity index (χ2v) is 4.73. The van der Waals surface area contributed by atoms with Crippen LogP contribution in [0.25, 0.3) is 10.9 Å². The molecular weight excluding hydrogens is 266 g/mol. The predicted octanol–water partition coefficient (Wildman–Crippen LogP) is 2.48. The van der Waals surface area contributed by atoms with Gasteiger partial charge in [0.25, 0.3) is 5.91 Å². The van der Waals surface area contributed by atoms with Gasteiger partial charge < -0.3 is 10.3 Å². The van der Waals surface area contributed by atoms with Crippen LogP contribution in [-0.4, -0.2) is 15.9 Å². The summed E-state index contributed by atoms with van der Waals surface area (Å²) in [7, 11) is 0. The van der Waals surface area contributed by atoms with Crippen LogP contribution in [0.5, 0.6) is 0 Å². The number of pyridine rings is 2. The predicted molar refractivity (Wildman–Crippen MR) is 81.5 cm³/mol. The molecule has 0 aliphatic rings. The van der Waals surface area contributed by atoms with Crippen molar-refractivity contribution in [2.45, 2.75) is 6.92 Å². The minimum atomic E-state index is -0.360. The zero-order valence-corrected chi connectivity index (χ0v) is 11.4. The maximum absolute atomic E-state index is 12.2. The van der Waals surface area contributed by atoms with E-state index < -0.39 is 0 Å². The largest absolute Gasteiger partial charge is 0.350 e. The smallest absolute Gasteiger partial charge is 0.272 e. The molecule has 0 radical (unpaired) electrons. The first-order valence-corrected chi connectivity index (χ1v) is 6.49. The number of benzene rings is 1. The summed E-state index contributed by atoms with van der Waals surface area (Å²) in [5.74, 6) is -0.360. The molecule has 21 heavy (non-hydrogen) atoms. The van der Waals surface area contributed by atoms with Crippen LogP contribution in [0.2, 0.25) is 0 Å². The minimum Gasteiger partial charge on any atom is -0.350 e. The number of fused-ring (bicyclic) bond motifs is 1. The summed E-state index contributed by atoms with van der Waals surface area (Å²) in [6.07, 6.45) is 3.17. The number of carbonyl (C=O) groups excluding carboxylic acids is 1. The number of rotatable bonds is 2. The molecule has 0 spiro atoms. The molecule has 0 aliphatic heterocycles. The summed E-state index contributed by atoms with van der Waals surface area (Å²) in [6, 6.07) is 10.2. The number of carbonyl (C=O) groups is 1. The molecule has 3 rings (SSSR count). The maximum Gasteiger partial charge on any atom is 0.272 e. The lowest BCUT2D eigenvalue weighted by molar-refractivity contribution is 0.102.